The highest BCUT2D eigenvalue weighted by Gasteiger charge is 2.50. The van der Waals surface area contributed by atoms with Crippen molar-refractivity contribution in [3.05, 3.63) is 63.7 Å². The molecule has 2 saturated heterocycles. The number of methoxy groups -OCH3 is 1. The van der Waals surface area contributed by atoms with E-state index in [1.807, 2.05) is 17.9 Å². The number of phenolic OH excluding ortho intramolecular Hbond substituents is 2. The fourth-order valence-electron chi connectivity index (χ4n) is 8.97. The number of amides is 2. The fraction of sp³-hybridized carbons (Fsp3) is 0.548. The van der Waals surface area contributed by atoms with Gasteiger partial charge in [0.1, 0.15) is 41.7 Å². The number of ketones is 3. The van der Waals surface area contributed by atoms with Crippen LogP contribution in [0, 0.1) is 5.41 Å². The summed E-state index contributed by atoms with van der Waals surface area (Å²) in [7, 11) is 1.31. The van der Waals surface area contributed by atoms with E-state index in [-0.39, 0.29) is 40.3 Å². The maximum Gasteiger partial charge on any atom is 0.408 e. The average molecular weight is 823 g/mol. The van der Waals surface area contributed by atoms with E-state index in [0.717, 1.165) is 0 Å². The Balaban J connectivity index is 1.11. The molecule has 59 heavy (non-hydrogen) atoms. The maximum atomic E-state index is 14.0. The predicted octanol–water partition coefficient (Wildman–Crippen LogP) is 2.13. The molecule has 17 nitrogen and oxygen atoms in total. The van der Waals surface area contributed by atoms with Crippen LogP contribution >= 0.6 is 0 Å². The van der Waals surface area contributed by atoms with Crippen molar-refractivity contribution in [1.82, 2.24) is 10.2 Å². The molecule has 17 heteroatoms. The lowest BCUT2D eigenvalue weighted by Crippen LogP contribution is -2.56. The van der Waals surface area contributed by atoms with Crippen LogP contribution in [0.15, 0.2) is 30.4 Å². The molecule has 5 aliphatic rings. The van der Waals surface area contributed by atoms with Crippen LogP contribution in [0.1, 0.15) is 101 Å². The first-order valence-electron chi connectivity index (χ1n) is 19.8. The predicted molar refractivity (Wildman–Crippen MR) is 204 cm³/mol. The van der Waals surface area contributed by atoms with Crippen LogP contribution in [0.4, 0.5) is 4.79 Å². The van der Waals surface area contributed by atoms with Crippen LogP contribution in [0.3, 0.4) is 0 Å². The first-order chi connectivity index (χ1) is 28.1. The molecule has 0 aromatic heterocycles. The fourth-order valence-corrected chi connectivity index (χ4v) is 8.97. The maximum absolute atomic E-state index is 14.0. The zero-order chi connectivity index (χ0) is 42.4. The van der Waals surface area contributed by atoms with E-state index in [1.165, 1.54) is 32.2 Å². The highest BCUT2D eigenvalue weighted by atomic mass is 16.7. The summed E-state index contributed by atoms with van der Waals surface area (Å²) in [5, 5.41) is 58.7. The molecule has 8 atom stereocenters. The number of aliphatic hydroxyl groups excluding tert-OH is 2. The van der Waals surface area contributed by atoms with Crippen molar-refractivity contribution in [2.45, 2.75) is 101 Å². The molecule has 0 radical (unpaired) electrons. The van der Waals surface area contributed by atoms with Crippen LogP contribution in [-0.2, 0) is 35.0 Å². The van der Waals surface area contributed by atoms with E-state index in [2.05, 4.69) is 5.32 Å². The van der Waals surface area contributed by atoms with E-state index >= 15 is 0 Å². The van der Waals surface area contributed by atoms with Crippen LogP contribution in [-0.4, -0.2) is 136 Å². The summed E-state index contributed by atoms with van der Waals surface area (Å²) in [6.45, 7) is 4.38. The zero-order valence-electron chi connectivity index (χ0n) is 33.1. The second-order valence-electron chi connectivity index (χ2n) is 16.2. The Morgan fingerprint density at radius 3 is 2.47 bits per heavy atom. The van der Waals surface area contributed by atoms with E-state index in [1.54, 1.807) is 6.08 Å². The van der Waals surface area contributed by atoms with Gasteiger partial charge in [-0.05, 0) is 44.7 Å². The average Bonchev–Trinajstić information content (AvgIpc) is 3.22. The van der Waals surface area contributed by atoms with Crippen molar-refractivity contribution in [2.24, 2.45) is 5.41 Å². The minimum atomic E-state index is -2.36. The number of alkyl carbamates (subject to hydrolysis) is 1. The first kappa shape index (κ1) is 42.2. The molecule has 318 valence electrons. The van der Waals surface area contributed by atoms with Crippen molar-refractivity contribution >= 4 is 29.4 Å². The molecule has 2 aromatic rings. The van der Waals surface area contributed by atoms with Crippen LogP contribution < -0.4 is 10.1 Å². The Labute approximate surface area is 339 Å². The topological polar surface area (TPSA) is 248 Å². The van der Waals surface area contributed by atoms with Crippen molar-refractivity contribution in [2.75, 3.05) is 40.0 Å². The Hall–Kier alpha value is -4.91. The summed E-state index contributed by atoms with van der Waals surface area (Å²) in [4.78, 5) is 69.5. The van der Waals surface area contributed by atoms with Crippen LogP contribution in [0.5, 0.6) is 17.2 Å². The third-order valence-corrected chi connectivity index (χ3v) is 12.3. The molecule has 2 aliphatic heterocycles. The number of hydrogen-bond donors (Lipinski definition) is 6. The Kier molecular flexibility index (Phi) is 11.9. The number of Topliss-reactive ketones (excluding diaryl/α,β-unsaturated/α-hetero) is 1. The van der Waals surface area contributed by atoms with Gasteiger partial charge in [0.15, 0.2) is 17.9 Å². The lowest BCUT2D eigenvalue weighted by Gasteiger charge is -2.42. The summed E-state index contributed by atoms with van der Waals surface area (Å²) in [6.07, 6.45) is -2.19. The van der Waals surface area contributed by atoms with Gasteiger partial charge in [0, 0.05) is 54.5 Å². The number of aromatic hydroxyl groups is 2. The zero-order valence-corrected chi connectivity index (χ0v) is 33.1. The Morgan fingerprint density at radius 2 is 1.76 bits per heavy atom. The molecule has 2 fully saturated rings. The number of carbonyl (C=O) groups is 5. The number of benzene rings is 2. The van der Waals surface area contributed by atoms with E-state index < -0.39 is 113 Å². The van der Waals surface area contributed by atoms with Gasteiger partial charge in [0.05, 0.1) is 55.3 Å². The second kappa shape index (κ2) is 16.6. The standard InChI is InChI=1S/C42H50N2O15/c1-21-34(47)25(43-40(53)58-22-7-4-5-11-41(2,12-10-22)39(52)44-13-15-56-16-14-44)17-29(57-21)59-27-19-42(54,28(46)20-45)18-24-31(27)38(51)33-32(36(24)49)35(48)23-8-6-9-26(55-3)30(23)37(33)50/h4,6-9,21-22,25,27,29,34,45,47,49,51,54H,5,10-20H2,1-3H3,(H,43,53)/b7-4+/t21-,22-,25-,27-,29?,34+,41+,42-/m0/s1. The number of aliphatic hydroxyl groups is 3. The number of hydrogen-bond acceptors (Lipinski definition) is 15. The molecule has 1 unspecified atom stereocenters. The highest BCUT2D eigenvalue weighted by Crippen LogP contribution is 2.52. The summed E-state index contributed by atoms with van der Waals surface area (Å²) in [6, 6.07) is 3.30. The molecule has 7 rings (SSSR count). The molecular weight excluding hydrogens is 772 g/mol. The molecule has 6 N–H and O–H groups in total. The normalized spacial score (nSPS) is 31.1. The number of fused-ring (bicyclic) bond motifs is 3. The smallest absolute Gasteiger partial charge is 0.408 e. The van der Waals surface area contributed by atoms with Crippen LogP contribution in [0.2, 0.25) is 0 Å². The minimum Gasteiger partial charge on any atom is -0.507 e. The van der Waals surface area contributed by atoms with Gasteiger partial charge >= 0.3 is 6.09 Å². The number of phenols is 2. The first-order valence-corrected chi connectivity index (χ1v) is 19.8. The molecular formula is C42H50N2O15. The largest absolute Gasteiger partial charge is 0.507 e. The quantitative estimate of drug-likeness (QED) is 0.141. The SMILES string of the molecule is COc1cccc2c1C(=O)c1c(O)c3c(c(O)c1C2=O)C[C@@](O)(C(=O)CO)C[C@@H]3OC1C[C@H](NC(=O)O[C@H]2/C=C/CC[C@@](C)(C(=O)N3CCOCC3)CC2)[C@H](O)[C@H](C)O1. The molecule has 3 aliphatic carbocycles. The van der Waals surface area contributed by atoms with Gasteiger partial charge < -0.3 is 59.4 Å². The van der Waals surface area contributed by atoms with Crippen molar-refractivity contribution < 1.29 is 73.2 Å². The Morgan fingerprint density at radius 1 is 1.03 bits per heavy atom. The van der Waals surface area contributed by atoms with Crippen molar-refractivity contribution in [3.8, 4) is 17.2 Å². The monoisotopic (exact) mass is 822 g/mol. The summed E-state index contributed by atoms with van der Waals surface area (Å²) in [5.41, 5.74) is -4.76. The van der Waals surface area contributed by atoms with Gasteiger partial charge in [-0.2, -0.15) is 0 Å². The Bertz CT molecular complexity index is 2060. The number of nitrogens with zero attached hydrogens (tertiary/aromatic N) is 1. The summed E-state index contributed by atoms with van der Waals surface area (Å²) < 4.78 is 28.7. The number of allylic oxidation sites excluding steroid dienone is 1. The molecule has 2 heterocycles. The number of morpholine rings is 1. The van der Waals surface area contributed by atoms with Gasteiger partial charge in [0.2, 0.25) is 11.7 Å². The van der Waals surface area contributed by atoms with E-state index in [9.17, 15) is 49.5 Å². The molecule has 0 bridgehead atoms. The number of rotatable bonds is 8. The lowest BCUT2D eigenvalue weighted by molar-refractivity contribution is -0.249. The molecule has 0 spiro atoms. The number of nitrogens with one attached hydrogen (secondary N) is 1. The van der Waals surface area contributed by atoms with Crippen LogP contribution in [0.25, 0.3) is 0 Å². The second-order valence-corrected chi connectivity index (χ2v) is 16.2. The van der Waals surface area contributed by atoms with Crippen molar-refractivity contribution in [1.29, 1.82) is 0 Å². The highest BCUT2D eigenvalue weighted by molar-refractivity contribution is 6.31. The van der Waals surface area contributed by atoms with Gasteiger partial charge in [-0.25, -0.2) is 4.79 Å². The number of ether oxygens (including phenoxy) is 5. The number of carbonyl (C=O) groups excluding carboxylic acids is 5. The van der Waals surface area contributed by atoms with Gasteiger partial charge in [-0.15, -0.1) is 0 Å². The van der Waals surface area contributed by atoms with E-state index in [4.69, 9.17) is 23.7 Å². The molecule has 2 amide bonds. The van der Waals surface area contributed by atoms with Gasteiger partial charge in [-0.1, -0.05) is 25.1 Å². The lowest BCUT2D eigenvalue weighted by atomic mass is 9.72. The third kappa shape index (κ3) is 7.82. The molecule has 0 saturated carbocycles. The third-order valence-electron chi connectivity index (χ3n) is 12.3. The van der Waals surface area contributed by atoms with Crippen molar-refractivity contribution in [3.63, 3.8) is 0 Å². The van der Waals surface area contributed by atoms with Gasteiger partial charge in [0.25, 0.3) is 0 Å². The summed E-state index contributed by atoms with van der Waals surface area (Å²) >= 11 is 0. The minimum absolute atomic E-state index is 0.0403. The van der Waals surface area contributed by atoms with E-state index in [0.29, 0.717) is 52.0 Å². The molecule has 2 aromatic carbocycles. The summed E-state index contributed by atoms with van der Waals surface area (Å²) in [5.74, 6) is -4.07. The van der Waals surface area contributed by atoms with Gasteiger partial charge in [-0.3, -0.25) is 19.2 Å².